The Bertz CT molecular complexity index is 1460. The van der Waals surface area contributed by atoms with E-state index in [9.17, 15) is 35.2 Å². The number of sulfone groups is 1. The number of alkyl halides is 3. The van der Waals surface area contributed by atoms with Crippen LogP contribution in [0.1, 0.15) is 23.8 Å². The summed E-state index contributed by atoms with van der Waals surface area (Å²) in [5, 5.41) is 6.88. The number of hydrogen-bond donors (Lipinski definition) is 3. The molecule has 3 N–H and O–H groups in total. The van der Waals surface area contributed by atoms with Crippen LogP contribution >= 0.6 is 0 Å². The van der Waals surface area contributed by atoms with Crippen LogP contribution in [0.5, 0.6) is 5.75 Å². The van der Waals surface area contributed by atoms with Gasteiger partial charge in [0.15, 0.2) is 27.3 Å². The Hall–Kier alpha value is -3.55. The quantitative estimate of drug-likeness (QED) is 0.373. The number of anilines is 2. The minimum absolute atomic E-state index is 0.0265. The number of fused-ring (bicyclic) bond motifs is 1. The molecule has 1 unspecified atom stereocenters. The van der Waals surface area contributed by atoms with Crippen molar-refractivity contribution in [3.63, 3.8) is 0 Å². The molecular weight excluding hydrogens is 525 g/mol. The first-order valence-electron chi connectivity index (χ1n) is 10.9. The van der Waals surface area contributed by atoms with Gasteiger partial charge in [-0.2, -0.15) is 13.2 Å². The summed E-state index contributed by atoms with van der Waals surface area (Å²) < 4.78 is 103. The van der Waals surface area contributed by atoms with E-state index in [1.807, 2.05) is 0 Å². The van der Waals surface area contributed by atoms with Gasteiger partial charge in [0.05, 0.1) is 18.6 Å². The molecule has 4 rings (SSSR count). The minimum Gasteiger partial charge on any atom is -0.497 e. The van der Waals surface area contributed by atoms with Crippen molar-refractivity contribution in [2.24, 2.45) is 0 Å². The zero-order valence-corrected chi connectivity index (χ0v) is 20.3. The molecule has 200 valence electrons. The topological polar surface area (TPSA) is 110 Å². The average Bonchev–Trinajstić information content (AvgIpc) is 3.29. The van der Waals surface area contributed by atoms with Gasteiger partial charge in [-0.25, -0.2) is 22.0 Å². The SMILES string of the molecule is COc1cc(NC(=O)NC(c2oc3c(F)cc(F)cc3c2C)C(F)(F)F)cc(N[C@@H]2CCS(=O)(=O)C2)c1. The van der Waals surface area contributed by atoms with Crippen molar-refractivity contribution in [2.75, 3.05) is 29.2 Å². The second kappa shape index (κ2) is 9.72. The predicted octanol–water partition coefficient (Wildman–Crippen LogP) is 5.05. The summed E-state index contributed by atoms with van der Waals surface area (Å²) in [5.41, 5.74) is -0.316. The maximum atomic E-state index is 14.1. The molecule has 14 heteroatoms. The third-order valence-electron chi connectivity index (χ3n) is 5.86. The highest BCUT2D eigenvalue weighted by atomic mass is 32.2. The van der Waals surface area contributed by atoms with Crippen molar-refractivity contribution in [1.29, 1.82) is 0 Å². The van der Waals surface area contributed by atoms with Gasteiger partial charge in [0.2, 0.25) is 0 Å². The molecule has 0 radical (unpaired) electrons. The molecular formula is C23H22F5N3O5S. The van der Waals surface area contributed by atoms with Gasteiger partial charge in [-0.3, -0.25) is 0 Å². The van der Waals surface area contributed by atoms with Crippen LogP contribution in [0.2, 0.25) is 0 Å². The molecule has 2 atom stereocenters. The first-order chi connectivity index (χ1) is 17.3. The Labute approximate surface area is 208 Å². The Morgan fingerprint density at radius 3 is 2.46 bits per heavy atom. The number of halogens is 5. The molecule has 0 aliphatic carbocycles. The molecule has 1 aliphatic rings. The normalized spacial score (nSPS) is 18.0. The van der Waals surface area contributed by atoms with E-state index < -0.39 is 51.1 Å². The number of urea groups is 1. The van der Waals surface area contributed by atoms with Crippen LogP contribution in [0.25, 0.3) is 11.0 Å². The van der Waals surface area contributed by atoms with Crippen LogP contribution in [0.3, 0.4) is 0 Å². The second-order valence-electron chi connectivity index (χ2n) is 8.62. The van der Waals surface area contributed by atoms with E-state index in [0.717, 1.165) is 6.07 Å². The number of ether oxygens (including phenoxy) is 1. The van der Waals surface area contributed by atoms with Gasteiger partial charge < -0.3 is 25.1 Å². The molecule has 1 fully saturated rings. The molecule has 0 saturated carbocycles. The van der Waals surface area contributed by atoms with Crippen LogP contribution in [0.15, 0.2) is 34.7 Å². The largest absolute Gasteiger partial charge is 0.497 e. The summed E-state index contributed by atoms with van der Waals surface area (Å²) in [6, 6.07) is 1.30. The van der Waals surface area contributed by atoms with E-state index in [1.165, 1.54) is 32.2 Å². The lowest BCUT2D eigenvalue weighted by Crippen LogP contribution is -2.40. The van der Waals surface area contributed by atoms with Crippen molar-refractivity contribution in [3.05, 3.63) is 53.3 Å². The van der Waals surface area contributed by atoms with Crippen molar-refractivity contribution in [1.82, 2.24) is 5.32 Å². The maximum Gasteiger partial charge on any atom is 0.416 e. The number of methoxy groups -OCH3 is 1. The van der Waals surface area contributed by atoms with E-state index in [4.69, 9.17) is 9.15 Å². The van der Waals surface area contributed by atoms with Crippen LogP contribution in [0, 0.1) is 18.6 Å². The zero-order chi connectivity index (χ0) is 27.1. The number of furan rings is 1. The van der Waals surface area contributed by atoms with Gasteiger partial charge >= 0.3 is 12.2 Å². The number of hydrogen-bond acceptors (Lipinski definition) is 6. The fourth-order valence-corrected chi connectivity index (χ4v) is 5.82. The molecule has 2 amide bonds. The van der Waals surface area contributed by atoms with E-state index in [-0.39, 0.29) is 39.9 Å². The fraction of sp³-hybridized carbons (Fsp3) is 0.348. The van der Waals surface area contributed by atoms with Crippen LogP contribution in [0.4, 0.5) is 38.1 Å². The molecule has 8 nitrogen and oxygen atoms in total. The summed E-state index contributed by atoms with van der Waals surface area (Å²) in [6.45, 7) is 1.20. The predicted molar refractivity (Wildman–Crippen MR) is 125 cm³/mol. The Morgan fingerprint density at radius 1 is 1.14 bits per heavy atom. The molecule has 3 aromatic rings. The summed E-state index contributed by atoms with van der Waals surface area (Å²) in [7, 11) is -1.82. The fourth-order valence-electron chi connectivity index (χ4n) is 4.15. The molecule has 0 spiro atoms. The number of aryl methyl sites for hydroxylation is 1. The van der Waals surface area contributed by atoms with Gasteiger partial charge in [0.1, 0.15) is 17.3 Å². The van der Waals surface area contributed by atoms with E-state index in [0.29, 0.717) is 18.2 Å². The van der Waals surface area contributed by atoms with Gasteiger partial charge in [0.25, 0.3) is 0 Å². The Morgan fingerprint density at radius 2 is 1.84 bits per heavy atom. The number of rotatable bonds is 6. The number of carbonyl (C=O) groups excluding carboxylic acids is 1. The van der Waals surface area contributed by atoms with Gasteiger partial charge in [0, 0.05) is 46.6 Å². The molecule has 0 bridgehead atoms. The number of benzene rings is 2. The number of amides is 2. The van der Waals surface area contributed by atoms with Crippen molar-refractivity contribution in [2.45, 2.75) is 31.6 Å². The second-order valence-corrected chi connectivity index (χ2v) is 10.9. The lowest BCUT2D eigenvalue weighted by molar-refractivity contribution is -0.158. The van der Waals surface area contributed by atoms with Crippen molar-refractivity contribution in [3.8, 4) is 5.75 Å². The third-order valence-corrected chi connectivity index (χ3v) is 7.63. The molecule has 2 heterocycles. The number of nitrogens with one attached hydrogen (secondary N) is 3. The summed E-state index contributed by atoms with van der Waals surface area (Å²) in [5.74, 6) is -2.77. The molecule has 1 saturated heterocycles. The molecule has 2 aromatic carbocycles. The Kier molecular flexibility index (Phi) is 6.97. The summed E-state index contributed by atoms with van der Waals surface area (Å²) >= 11 is 0. The van der Waals surface area contributed by atoms with E-state index in [1.54, 1.807) is 5.32 Å². The molecule has 1 aromatic heterocycles. The van der Waals surface area contributed by atoms with E-state index >= 15 is 0 Å². The van der Waals surface area contributed by atoms with Gasteiger partial charge in [-0.15, -0.1) is 0 Å². The van der Waals surface area contributed by atoms with Crippen LogP contribution in [-0.4, -0.2) is 45.3 Å². The highest BCUT2D eigenvalue weighted by molar-refractivity contribution is 7.91. The van der Waals surface area contributed by atoms with Crippen molar-refractivity contribution < 1.29 is 44.3 Å². The summed E-state index contributed by atoms with van der Waals surface area (Å²) in [6.07, 6.45) is -4.67. The molecule has 1 aliphatic heterocycles. The number of carbonyl (C=O) groups is 1. The van der Waals surface area contributed by atoms with Crippen molar-refractivity contribution >= 4 is 38.2 Å². The third kappa shape index (κ3) is 5.89. The monoisotopic (exact) mass is 547 g/mol. The summed E-state index contributed by atoms with van der Waals surface area (Å²) in [4.78, 5) is 12.6. The van der Waals surface area contributed by atoms with Crippen LogP contribution < -0.4 is 20.7 Å². The highest BCUT2D eigenvalue weighted by Gasteiger charge is 2.45. The zero-order valence-electron chi connectivity index (χ0n) is 19.5. The highest BCUT2D eigenvalue weighted by Crippen LogP contribution is 2.39. The first-order valence-corrected chi connectivity index (χ1v) is 12.8. The first kappa shape index (κ1) is 26.5. The smallest absolute Gasteiger partial charge is 0.416 e. The van der Waals surface area contributed by atoms with Gasteiger partial charge in [-0.1, -0.05) is 0 Å². The lowest BCUT2D eigenvalue weighted by Gasteiger charge is -2.21. The van der Waals surface area contributed by atoms with Crippen LogP contribution in [-0.2, 0) is 9.84 Å². The lowest BCUT2D eigenvalue weighted by atomic mass is 10.1. The average molecular weight is 548 g/mol. The minimum atomic E-state index is -5.04. The standard InChI is InChI=1S/C23H22F5N3O5S/c1-11-17-5-12(24)6-18(25)20(17)36-19(11)21(23(26,27)28)31-22(32)30-15-7-14(8-16(9-15)35-2)29-13-3-4-37(33,34)10-13/h5-9,13,21,29H,3-4,10H2,1-2H3,(H2,30,31,32)/t13-,21?/m1/s1. The van der Waals surface area contributed by atoms with E-state index in [2.05, 4.69) is 10.6 Å². The Balaban J connectivity index is 1.57. The molecule has 37 heavy (non-hydrogen) atoms. The van der Waals surface area contributed by atoms with Gasteiger partial charge in [-0.05, 0) is 25.5 Å². The maximum absolute atomic E-state index is 14.1.